The molecule has 0 aliphatic carbocycles. The Morgan fingerprint density at radius 2 is 1.86 bits per heavy atom. The molecular formula is C16H26N2O3. The maximum atomic E-state index is 11.5. The van der Waals surface area contributed by atoms with Crippen molar-refractivity contribution >= 4 is 11.8 Å². The zero-order chi connectivity index (χ0) is 15.5. The topological polar surface area (TPSA) is 50.8 Å². The summed E-state index contributed by atoms with van der Waals surface area (Å²) >= 11 is 0. The number of rotatable bonds is 9. The van der Waals surface area contributed by atoms with E-state index >= 15 is 0 Å². The Morgan fingerprint density at radius 1 is 1.14 bits per heavy atom. The predicted molar refractivity (Wildman–Crippen MR) is 85.0 cm³/mol. The second-order valence-corrected chi connectivity index (χ2v) is 5.14. The number of ether oxygens (including phenoxy) is 2. The highest BCUT2D eigenvalue weighted by Gasteiger charge is 2.03. The van der Waals surface area contributed by atoms with Crippen LogP contribution in [0.2, 0.25) is 0 Å². The molecule has 5 heteroatoms. The van der Waals surface area contributed by atoms with Crippen molar-refractivity contribution in [1.29, 1.82) is 0 Å². The molecule has 0 saturated heterocycles. The molecule has 0 heterocycles. The molecule has 5 nitrogen and oxygen atoms in total. The van der Waals surface area contributed by atoms with Crippen LogP contribution >= 0.6 is 0 Å². The van der Waals surface area contributed by atoms with Gasteiger partial charge in [0.15, 0.2) is 0 Å². The number of carbonyl (C=O) groups is 1. The van der Waals surface area contributed by atoms with Gasteiger partial charge in [-0.25, -0.2) is 4.79 Å². The van der Waals surface area contributed by atoms with Gasteiger partial charge >= 0.3 is 6.09 Å². The third-order valence-corrected chi connectivity index (χ3v) is 2.89. The molecule has 0 fully saturated rings. The summed E-state index contributed by atoms with van der Waals surface area (Å²) in [6.07, 6.45) is 2.99. The number of amides is 1. The van der Waals surface area contributed by atoms with E-state index in [0.29, 0.717) is 18.8 Å². The summed E-state index contributed by atoms with van der Waals surface area (Å²) in [5.41, 5.74) is 0.700. The monoisotopic (exact) mass is 294 g/mol. The Labute approximate surface area is 127 Å². The van der Waals surface area contributed by atoms with E-state index in [1.165, 1.54) is 12.8 Å². The molecule has 21 heavy (non-hydrogen) atoms. The van der Waals surface area contributed by atoms with E-state index in [9.17, 15) is 4.79 Å². The van der Waals surface area contributed by atoms with Gasteiger partial charge in [-0.05, 0) is 44.8 Å². The number of unbranched alkanes of at least 4 members (excludes halogenated alkanes) is 2. The van der Waals surface area contributed by atoms with Gasteiger partial charge in [-0.2, -0.15) is 0 Å². The van der Waals surface area contributed by atoms with Crippen molar-refractivity contribution < 1.29 is 14.3 Å². The standard InChI is InChI=1S/C16H26N2O3/c1-4-5-6-12-20-15-9-7-14(8-10-15)17-16(19)21-13-11-18(2)3/h7-10H,4-6,11-13H2,1-3H3,(H,17,19). The highest BCUT2D eigenvalue weighted by atomic mass is 16.5. The van der Waals surface area contributed by atoms with E-state index in [-0.39, 0.29) is 0 Å². The lowest BCUT2D eigenvalue weighted by atomic mass is 10.2. The number of hydrogen-bond donors (Lipinski definition) is 1. The fourth-order valence-corrected chi connectivity index (χ4v) is 1.65. The first-order valence-corrected chi connectivity index (χ1v) is 7.43. The minimum atomic E-state index is -0.437. The zero-order valence-electron chi connectivity index (χ0n) is 13.2. The summed E-state index contributed by atoms with van der Waals surface area (Å²) in [4.78, 5) is 13.5. The van der Waals surface area contributed by atoms with Gasteiger partial charge in [-0.15, -0.1) is 0 Å². The third kappa shape index (κ3) is 8.19. The number of nitrogens with zero attached hydrogens (tertiary/aromatic N) is 1. The van der Waals surface area contributed by atoms with Crippen LogP contribution in [0.5, 0.6) is 5.75 Å². The molecule has 1 aromatic carbocycles. The lowest BCUT2D eigenvalue weighted by molar-refractivity contribution is 0.151. The zero-order valence-corrected chi connectivity index (χ0v) is 13.2. The third-order valence-electron chi connectivity index (χ3n) is 2.89. The summed E-state index contributed by atoms with van der Waals surface area (Å²) in [5.74, 6) is 0.817. The van der Waals surface area contributed by atoms with Crippen LogP contribution in [0.3, 0.4) is 0 Å². The lowest BCUT2D eigenvalue weighted by Crippen LogP contribution is -2.22. The van der Waals surface area contributed by atoms with Crippen molar-refractivity contribution in [1.82, 2.24) is 4.90 Å². The molecule has 0 radical (unpaired) electrons. The minimum Gasteiger partial charge on any atom is -0.494 e. The number of nitrogens with one attached hydrogen (secondary N) is 1. The molecule has 1 rings (SSSR count). The number of hydrogen-bond acceptors (Lipinski definition) is 4. The largest absolute Gasteiger partial charge is 0.494 e. The van der Waals surface area contributed by atoms with E-state index in [2.05, 4.69) is 12.2 Å². The van der Waals surface area contributed by atoms with E-state index < -0.39 is 6.09 Å². The van der Waals surface area contributed by atoms with Gasteiger partial charge in [0.05, 0.1) is 6.61 Å². The molecule has 1 N–H and O–H groups in total. The Morgan fingerprint density at radius 3 is 2.48 bits per heavy atom. The van der Waals surface area contributed by atoms with Gasteiger partial charge in [-0.1, -0.05) is 19.8 Å². The number of carbonyl (C=O) groups excluding carboxylic acids is 1. The Bertz CT molecular complexity index is 404. The summed E-state index contributed by atoms with van der Waals surface area (Å²) in [5, 5.41) is 2.68. The van der Waals surface area contributed by atoms with E-state index in [0.717, 1.165) is 18.8 Å². The van der Waals surface area contributed by atoms with Gasteiger partial charge in [-0.3, -0.25) is 5.32 Å². The van der Waals surface area contributed by atoms with Crippen LogP contribution in [-0.4, -0.2) is 44.8 Å². The van der Waals surface area contributed by atoms with Gasteiger partial charge in [0.25, 0.3) is 0 Å². The summed E-state index contributed by atoms with van der Waals surface area (Å²) < 4.78 is 10.7. The molecule has 0 saturated carbocycles. The molecule has 1 aromatic rings. The normalized spacial score (nSPS) is 10.5. The molecular weight excluding hydrogens is 268 g/mol. The van der Waals surface area contributed by atoms with Crippen LogP contribution in [0.4, 0.5) is 10.5 Å². The molecule has 0 spiro atoms. The number of likely N-dealkylation sites (N-methyl/N-ethyl adjacent to an activating group) is 1. The number of anilines is 1. The van der Waals surface area contributed by atoms with E-state index in [1.807, 2.05) is 43.3 Å². The van der Waals surface area contributed by atoms with Crippen LogP contribution in [-0.2, 0) is 4.74 Å². The van der Waals surface area contributed by atoms with Crippen molar-refractivity contribution in [3.63, 3.8) is 0 Å². The summed E-state index contributed by atoms with van der Waals surface area (Å²) in [7, 11) is 3.86. The molecule has 0 aliphatic rings. The fraction of sp³-hybridized carbons (Fsp3) is 0.562. The van der Waals surface area contributed by atoms with Gasteiger partial charge < -0.3 is 14.4 Å². The summed E-state index contributed by atoms with van der Waals surface area (Å²) in [6.45, 7) is 3.97. The number of benzene rings is 1. The quantitative estimate of drug-likeness (QED) is 0.709. The van der Waals surface area contributed by atoms with Crippen LogP contribution in [0, 0.1) is 0 Å². The molecule has 0 atom stereocenters. The van der Waals surface area contributed by atoms with E-state index in [1.54, 1.807) is 0 Å². The van der Waals surface area contributed by atoms with Crippen LogP contribution in [0.15, 0.2) is 24.3 Å². The average molecular weight is 294 g/mol. The smallest absolute Gasteiger partial charge is 0.411 e. The first-order valence-electron chi connectivity index (χ1n) is 7.43. The predicted octanol–water partition coefficient (Wildman–Crippen LogP) is 3.37. The highest BCUT2D eigenvalue weighted by Crippen LogP contribution is 2.16. The van der Waals surface area contributed by atoms with Crippen LogP contribution < -0.4 is 10.1 Å². The molecule has 0 aromatic heterocycles. The molecule has 0 unspecified atom stereocenters. The average Bonchev–Trinajstić information content (AvgIpc) is 2.45. The van der Waals surface area contributed by atoms with E-state index in [4.69, 9.17) is 9.47 Å². The van der Waals surface area contributed by atoms with Crippen LogP contribution in [0.25, 0.3) is 0 Å². The van der Waals surface area contributed by atoms with Crippen molar-refractivity contribution in [2.24, 2.45) is 0 Å². The second kappa shape index (κ2) is 10.0. The van der Waals surface area contributed by atoms with Crippen molar-refractivity contribution in [2.45, 2.75) is 26.2 Å². The lowest BCUT2D eigenvalue weighted by Gasteiger charge is -2.11. The Balaban J connectivity index is 2.28. The fourth-order valence-electron chi connectivity index (χ4n) is 1.65. The Hall–Kier alpha value is -1.75. The maximum Gasteiger partial charge on any atom is 0.411 e. The molecule has 0 aliphatic heterocycles. The highest BCUT2D eigenvalue weighted by molar-refractivity contribution is 5.84. The maximum absolute atomic E-state index is 11.5. The van der Waals surface area contributed by atoms with Crippen molar-refractivity contribution in [2.75, 3.05) is 39.2 Å². The molecule has 118 valence electrons. The first kappa shape index (κ1) is 17.3. The summed E-state index contributed by atoms with van der Waals surface area (Å²) in [6, 6.07) is 7.31. The van der Waals surface area contributed by atoms with Gasteiger partial charge in [0.2, 0.25) is 0 Å². The molecule has 1 amide bonds. The second-order valence-electron chi connectivity index (χ2n) is 5.14. The SMILES string of the molecule is CCCCCOc1ccc(NC(=O)OCCN(C)C)cc1. The van der Waals surface area contributed by atoms with Gasteiger partial charge in [0, 0.05) is 12.2 Å². The first-order chi connectivity index (χ1) is 10.1. The minimum absolute atomic E-state index is 0.372. The van der Waals surface area contributed by atoms with Crippen LogP contribution in [0.1, 0.15) is 26.2 Å². The van der Waals surface area contributed by atoms with Crippen molar-refractivity contribution in [3.05, 3.63) is 24.3 Å². The molecule has 0 bridgehead atoms. The van der Waals surface area contributed by atoms with Gasteiger partial charge in [0.1, 0.15) is 12.4 Å². The Kier molecular flexibility index (Phi) is 8.28. The van der Waals surface area contributed by atoms with Crippen molar-refractivity contribution in [3.8, 4) is 5.75 Å².